The summed E-state index contributed by atoms with van der Waals surface area (Å²) in [4.78, 5) is 15.1. The van der Waals surface area contributed by atoms with Crippen LogP contribution in [0.15, 0.2) is 42.1 Å². The summed E-state index contributed by atoms with van der Waals surface area (Å²) in [6, 6.07) is 9.56. The number of aromatic nitrogens is 1. The fraction of sp³-hybridized carbons (Fsp3) is 0.143. The predicted molar refractivity (Wildman–Crippen MR) is 67.6 cm³/mol. The second-order valence-corrected chi connectivity index (χ2v) is 3.78. The average Bonchev–Trinajstić information content (AvgIpc) is 2.35. The molecule has 3 heteroatoms. The van der Waals surface area contributed by atoms with Gasteiger partial charge >= 0.3 is 5.97 Å². The van der Waals surface area contributed by atoms with Crippen LogP contribution in [0.25, 0.3) is 17.0 Å². The molecule has 0 amide bonds. The molecule has 0 unspecified atom stereocenters. The van der Waals surface area contributed by atoms with E-state index in [4.69, 9.17) is 5.11 Å². The lowest BCUT2D eigenvalue weighted by Gasteiger charge is -2.01. The lowest BCUT2D eigenvalue weighted by Crippen LogP contribution is -1.98. The molecule has 17 heavy (non-hydrogen) atoms. The number of carboxylic acid groups (broad SMARTS) is 1. The largest absolute Gasteiger partial charge is 0.478 e. The standard InChI is InChI=1S/C14H13NO2/c1-2-11(14(16)17)8-10-5-6-13-12(9-10)4-3-7-15-13/h3-9H,2H2,1H3,(H,16,17). The highest BCUT2D eigenvalue weighted by atomic mass is 16.4. The molecule has 1 aromatic heterocycles. The topological polar surface area (TPSA) is 50.2 Å². The molecule has 0 bridgehead atoms. The number of nitrogens with zero attached hydrogens (tertiary/aromatic N) is 1. The normalized spacial score (nSPS) is 11.7. The molecule has 1 N–H and O–H groups in total. The summed E-state index contributed by atoms with van der Waals surface area (Å²) >= 11 is 0. The van der Waals surface area contributed by atoms with Crippen LogP contribution in [-0.2, 0) is 4.79 Å². The van der Waals surface area contributed by atoms with E-state index in [2.05, 4.69) is 4.98 Å². The van der Waals surface area contributed by atoms with Gasteiger partial charge in [-0.05, 0) is 36.3 Å². The Kier molecular flexibility index (Phi) is 3.19. The van der Waals surface area contributed by atoms with Crippen molar-refractivity contribution < 1.29 is 9.90 Å². The minimum Gasteiger partial charge on any atom is -0.478 e. The Morgan fingerprint density at radius 2 is 2.24 bits per heavy atom. The molecule has 0 aliphatic heterocycles. The van der Waals surface area contributed by atoms with Crippen molar-refractivity contribution in [3.05, 3.63) is 47.7 Å². The number of carbonyl (C=O) groups is 1. The number of pyridine rings is 1. The van der Waals surface area contributed by atoms with Gasteiger partial charge in [0.2, 0.25) is 0 Å². The van der Waals surface area contributed by atoms with Crippen LogP contribution in [0.1, 0.15) is 18.9 Å². The van der Waals surface area contributed by atoms with Crippen LogP contribution in [0.3, 0.4) is 0 Å². The highest BCUT2D eigenvalue weighted by Crippen LogP contribution is 2.16. The van der Waals surface area contributed by atoms with Crippen LogP contribution in [0.4, 0.5) is 0 Å². The summed E-state index contributed by atoms with van der Waals surface area (Å²) < 4.78 is 0. The zero-order valence-electron chi connectivity index (χ0n) is 9.55. The van der Waals surface area contributed by atoms with Crippen LogP contribution in [0.5, 0.6) is 0 Å². The lowest BCUT2D eigenvalue weighted by atomic mass is 10.1. The van der Waals surface area contributed by atoms with Crippen molar-refractivity contribution >= 4 is 22.9 Å². The van der Waals surface area contributed by atoms with E-state index in [1.807, 2.05) is 37.3 Å². The Labute approximate surface area is 99.4 Å². The van der Waals surface area contributed by atoms with Gasteiger partial charge in [-0.2, -0.15) is 0 Å². The van der Waals surface area contributed by atoms with E-state index in [1.165, 1.54) is 0 Å². The maximum Gasteiger partial charge on any atom is 0.331 e. The quantitative estimate of drug-likeness (QED) is 0.819. The Balaban J connectivity index is 2.46. The summed E-state index contributed by atoms with van der Waals surface area (Å²) in [5.74, 6) is -0.862. The number of hydrogen-bond acceptors (Lipinski definition) is 2. The molecule has 1 aromatic carbocycles. The first kappa shape index (κ1) is 11.3. The fourth-order valence-electron chi connectivity index (χ4n) is 1.70. The number of hydrogen-bond donors (Lipinski definition) is 1. The minimum absolute atomic E-state index is 0.410. The number of aliphatic carboxylic acids is 1. The molecule has 0 aliphatic rings. The first-order chi connectivity index (χ1) is 8.20. The molecule has 0 spiro atoms. The van der Waals surface area contributed by atoms with E-state index in [0.717, 1.165) is 16.5 Å². The van der Waals surface area contributed by atoms with E-state index in [0.29, 0.717) is 12.0 Å². The molecule has 0 saturated heterocycles. The van der Waals surface area contributed by atoms with Crippen LogP contribution in [0.2, 0.25) is 0 Å². The summed E-state index contributed by atoms with van der Waals surface area (Å²) in [6.07, 6.45) is 3.96. The third-order valence-electron chi connectivity index (χ3n) is 2.62. The van der Waals surface area contributed by atoms with Gasteiger partial charge in [0.1, 0.15) is 0 Å². The average molecular weight is 227 g/mol. The number of carboxylic acids is 1. The van der Waals surface area contributed by atoms with Crippen molar-refractivity contribution in [3.63, 3.8) is 0 Å². The second kappa shape index (κ2) is 4.78. The monoisotopic (exact) mass is 227 g/mol. The van der Waals surface area contributed by atoms with Crippen molar-refractivity contribution in [2.75, 3.05) is 0 Å². The summed E-state index contributed by atoms with van der Waals surface area (Å²) in [5.41, 5.74) is 2.22. The molecular formula is C14H13NO2. The highest BCUT2D eigenvalue weighted by Gasteiger charge is 2.04. The molecule has 1 heterocycles. The van der Waals surface area contributed by atoms with Gasteiger partial charge in [-0.3, -0.25) is 4.98 Å². The van der Waals surface area contributed by atoms with Crippen LogP contribution in [0, 0.1) is 0 Å². The van der Waals surface area contributed by atoms with E-state index < -0.39 is 5.97 Å². The zero-order valence-corrected chi connectivity index (χ0v) is 9.55. The summed E-state index contributed by atoms with van der Waals surface area (Å²) in [7, 11) is 0. The first-order valence-electron chi connectivity index (χ1n) is 5.49. The molecule has 2 rings (SSSR count). The molecule has 0 radical (unpaired) electrons. The van der Waals surface area contributed by atoms with Crippen molar-refractivity contribution in [3.8, 4) is 0 Å². The molecule has 0 atom stereocenters. The Bertz CT molecular complexity index is 588. The molecule has 2 aromatic rings. The van der Waals surface area contributed by atoms with E-state index in [-0.39, 0.29) is 0 Å². The lowest BCUT2D eigenvalue weighted by molar-refractivity contribution is -0.132. The molecule has 3 nitrogen and oxygen atoms in total. The van der Waals surface area contributed by atoms with E-state index in [1.54, 1.807) is 12.3 Å². The molecule has 0 fully saturated rings. The van der Waals surface area contributed by atoms with Gasteiger partial charge in [0.15, 0.2) is 0 Å². The highest BCUT2D eigenvalue weighted by molar-refractivity contribution is 5.93. The van der Waals surface area contributed by atoms with Gasteiger partial charge in [0.05, 0.1) is 5.52 Å². The zero-order chi connectivity index (χ0) is 12.3. The van der Waals surface area contributed by atoms with E-state index in [9.17, 15) is 4.79 Å². The van der Waals surface area contributed by atoms with Gasteiger partial charge in [0, 0.05) is 17.2 Å². The SMILES string of the molecule is CCC(=Cc1ccc2ncccc2c1)C(=O)O. The van der Waals surface area contributed by atoms with Crippen LogP contribution < -0.4 is 0 Å². The maximum absolute atomic E-state index is 10.9. The van der Waals surface area contributed by atoms with E-state index >= 15 is 0 Å². The third-order valence-corrected chi connectivity index (χ3v) is 2.62. The van der Waals surface area contributed by atoms with Crippen molar-refractivity contribution in [2.45, 2.75) is 13.3 Å². The smallest absolute Gasteiger partial charge is 0.331 e. The second-order valence-electron chi connectivity index (χ2n) is 3.78. The molecular weight excluding hydrogens is 214 g/mol. The Morgan fingerprint density at radius 3 is 2.94 bits per heavy atom. The van der Waals surface area contributed by atoms with Crippen LogP contribution in [-0.4, -0.2) is 16.1 Å². The summed E-state index contributed by atoms with van der Waals surface area (Å²) in [6.45, 7) is 1.84. The number of fused-ring (bicyclic) bond motifs is 1. The van der Waals surface area contributed by atoms with Crippen LogP contribution >= 0.6 is 0 Å². The summed E-state index contributed by atoms with van der Waals surface area (Å²) in [5, 5.41) is 9.98. The minimum atomic E-state index is -0.862. The van der Waals surface area contributed by atoms with Gasteiger partial charge < -0.3 is 5.11 Å². The van der Waals surface area contributed by atoms with Crippen molar-refractivity contribution in [2.24, 2.45) is 0 Å². The Hall–Kier alpha value is -2.16. The molecule has 86 valence electrons. The van der Waals surface area contributed by atoms with Gasteiger partial charge in [-0.1, -0.05) is 19.1 Å². The third kappa shape index (κ3) is 2.50. The van der Waals surface area contributed by atoms with Crippen molar-refractivity contribution in [1.29, 1.82) is 0 Å². The van der Waals surface area contributed by atoms with Gasteiger partial charge in [-0.25, -0.2) is 4.79 Å². The predicted octanol–water partition coefficient (Wildman–Crippen LogP) is 3.11. The maximum atomic E-state index is 10.9. The molecule has 0 saturated carbocycles. The number of rotatable bonds is 3. The van der Waals surface area contributed by atoms with Gasteiger partial charge in [0.25, 0.3) is 0 Å². The van der Waals surface area contributed by atoms with Gasteiger partial charge in [-0.15, -0.1) is 0 Å². The fourth-order valence-corrected chi connectivity index (χ4v) is 1.70. The molecule has 0 aliphatic carbocycles. The Morgan fingerprint density at radius 1 is 1.41 bits per heavy atom. The van der Waals surface area contributed by atoms with Crippen molar-refractivity contribution in [1.82, 2.24) is 4.98 Å². The first-order valence-corrected chi connectivity index (χ1v) is 5.49. The number of benzene rings is 1.